The summed E-state index contributed by atoms with van der Waals surface area (Å²) in [5, 5.41) is 9.35. The zero-order chi connectivity index (χ0) is 24.1. The molecule has 0 spiro atoms. The Morgan fingerprint density at radius 3 is 2.68 bits per heavy atom. The highest BCUT2D eigenvalue weighted by Crippen LogP contribution is 2.40. The van der Waals surface area contributed by atoms with Crippen molar-refractivity contribution in [3.63, 3.8) is 0 Å². The quantitative estimate of drug-likeness (QED) is 0.356. The average molecular weight is 585 g/mol. The number of piperidine rings is 1. The Bertz CT molecular complexity index is 1040. The van der Waals surface area contributed by atoms with E-state index >= 15 is 4.39 Å². The zero-order valence-corrected chi connectivity index (χ0v) is 22.9. The van der Waals surface area contributed by atoms with Crippen molar-refractivity contribution in [2.45, 2.75) is 41.6 Å². The molecule has 2 aliphatic heterocycles. The number of hydrogen-bond acceptors (Lipinski definition) is 5. The molecular formula is C25H28BrClFN3OS2. The lowest BCUT2D eigenvalue weighted by Crippen LogP contribution is -2.51. The number of rotatable bonds is 8. The van der Waals surface area contributed by atoms with Crippen LogP contribution in [0.25, 0.3) is 11.1 Å². The number of halogens is 3. The standard InChI is InChI=1S/C25H28BrClFN3OS2/c1-17(8-13-33-19-15-29-16-19)30-24(32)25(28)9-11-31(12-10-25)34-23-7-6-18(26)14-21(23)20-4-2-3-5-22(20)27/h2-8,13-14,17,19,29H,9-12,15-16H2,1H3,(H,30,32)/b13-8+. The topological polar surface area (TPSA) is 44.4 Å². The monoisotopic (exact) mass is 583 g/mol. The highest BCUT2D eigenvalue weighted by atomic mass is 79.9. The summed E-state index contributed by atoms with van der Waals surface area (Å²) < 4.78 is 18.6. The Hall–Kier alpha value is -1.03. The van der Waals surface area contributed by atoms with Gasteiger partial charge in [0.25, 0.3) is 5.91 Å². The number of amides is 1. The molecule has 2 aromatic carbocycles. The third-order valence-electron chi connectivity index (χ3n) is 6.00. The lowest BCUT2D eigenvalue weighted by atomic mass is 9.93. The molecule has 2 aliphatic rings. The fraction of sp³-hybridized carbons (Fsp3) is 0.400. The molecule has 4 nitrogen and oxygen atoms in total. The van der Waals surface area contributed by atoms with Crippen LogP contribution in [0.4, 0.5) is 4.39 Å². The van der Waals surface area contributed by atoms with Gasteiger partial charge in [0, 0.05) is 70.3 Å². The van der Waals surface area contributed by atoms with Crippen LogP contribution in [-0.2, 0) is 4.79 Å². The van der Waals surface area contributed by atoms with E-state index in [-0.39, 0.29) is 18.9 Å². The van der Waals surface area contributed by atoms with Gasteiger partial charge in [0.2, 0.25) is 0 Å². The van der Waals surface area contributed by atoms with Crippen LogP contribution in [0, 0.1) is 0 Å². The molecule has 9 heteroatoms. The van der Waals surface area contributed by atoms with Crippen LogP contribution in [0.2, 0.25) is 5.02 Å². The van der Waals surface area contributed by atoms with E-state index in [1.165, 1.54) is 0 Å². The Kier molecular flexibility index (Phi) is 9.04. The fourth-order valence-corrected chi connectivity index (χ4v) is 6.40. The minimum Gasteiger partial charge on any atom is -0.347 e. The van der Waals surface area contributed by atoms with Gasteiger partial charge in [-0.2, -0.15) is 0 Å². The first-order valence-corrected chi connectivity index (χ1v) is 14.2. The maximum Gasteiger partial charge on any atom is 0.258 e. The molecule has 0 aromatic heterocycles. The molecule has 2 fully saturated rings. The molecule has 182 valence electrons. The molecule has 2 heterocycles. The van der Waals surface area contributed by atoms with Crippen LogP contribution in [0.5, 0.6) is 0 Å². The molecule has 0 aliphatic carbocycles. The van der Waals surface area contributed by atoms with E-state index in [0.717, 1.165) is 33.6 Å². The lowest BCUT2D eigenvalue weighted by molar-refractivity contribution is -0.135. The third-order valence-corrected chi connectivity index (χ3v) is 9.03. The largest absolute Gasteiger partial charge is 0.347 e. The van der Waals surface area contributed by atoms with Crippen LogP contribution in [0.3, 0.4) is 0 Å². The number of hydrogen-bond donors (Lipinski definition) is 2. The summed E-state index contributed by atoms with van der Waals surface area (Å²) >= 11 is 13.3. The van der Waals surface area contributed by atoms with Gasteiger partial charge in [-0.15, -0.1) is 11.8 Å². The summed E-state index contributed by atoms with van der Waals surface area (Å²) in [6, 6.07) is 13.6. The molecule has 1 atom stereocenters. The van der Waals surface area contributed by atoms with E-state index in [1.807, 2.05) is 54.8 Å². The van der Waals surface area contributed by atoms with Gasteiger partial charge in [0.15, 0.2) is 5.67 Å². The SMILES string of the molecule is CC(/C=C/SC1CNC1)NC(=O)C1(F)CCN(Sc2ccc(Br)cc2-c2ccccc2Cl)CC1. The molecule has 2 aromatic rings. The number of nitrogens with zero attached hydrogens (tertiary/aromatic N) is 1. The summed E-state index contributed by atoms with van der Waals surface area (Å²) in [6.45, 7) is 4.88. The van der Waals surface area contributed by atoms with Crippen LogP contribution < -0.4 is 10.6 Å². The molecule has 2 saturated heterocycles. The summed E-state index contributed by atoms with van der Waals surface area (Å²) in [4.78, 5) is 13.7. The number of benzene rings is 2. The Morgan fingerprint density at radius 1 is 1.26 bits per heavy atom. The van der Waals surface area contributed by atoms with Crippen LogP contribution in [-0.4, -0.2) is 53.4 Å². The Morgan fingerprint density at radius 2 is 2.00 bits per heavy atom. The first-order valence-electron chi connectivity index (χ1n) is 11.3. The molecule has 1 amide bonds. The Balaban J connectivity index is 1.34. The molecule has 0 bridgehead atoms. The van der Waals surface area contributed by atoms with Gasteiger partial charge in [-0.05, 0) is 54.1 Å². The van der Waals surface area contributed by atoms with E-state index in [2.05, 4.69) is 36.9 Å². The zero-order valence-electron chi connectivity index (χ0n) is 18.9. The van der Waals surface area contributed by atoms with Crippen LogP contribution >= 0.6 is 51.2 Å². The van der Waals surface area contributed by atoms with Crippen molar-refractivity contribution in [3.05, 3.63) is 63.4 Å². The number of nitrogens with one attached hydrogen (secondary N) is 2. The molecule has 0 saturated carbocycles. The molecule has 4 rings (SSSR count). The summed E-state index contributed by atoms with van der Waals surface area (Å²) in [5.41, 5.74) is 0.143. The van der Waals surface area contributed by atoms with Crippen molar-refractivity contribution in [2.24, 2.45) is 0 Å². The third kappa shape index (κ3) is 6.59. The maximum atomic E-state index is 15.5. The second kappa shape index (κ2) is 11.8. The lowest BCUT2D eigenvalue weighted by Gasteiger charge is -2.35. The number of carbonyl (C=O) groups is 1. The fourth-order valence-electron chi connectivity index (χ4n) is 3.79. The predicted molar refractivity (Wildman–Crippen MR) is 146 cm³/mol. The number of thioether (sulfide) groups is 1. The van der Waals surface area contributed by atoms with Gasteiger partial charge in [-0.3, -0.25) is 4.79 Å². The minimum atomic E-state index is -1.84. The molecule has 1 unspecified atom stereocenters. The molecule has 0 radical (unpaired) electrons. The van der Waals surface area contributed by atoms with Crippen molar-refractivity contribution in [1.29, 1.82) is 0 Å². The minimum absolute atomic E-state index is 0.169. The van der Waals surface area contributed by atoms with E-state index < -0.39 is 11.6 Å². The van der Waals surface area contributed by atoms with E-state index in [0.29, 0.717) is 23.4 Å². The predicted octanol–water partition coefficient (Wildman–Crippen LogP) is 6.30. The summed E-state index contributed by atoms with van der Waals surface area (Å²) in [5.74, 6) is -0.509. The number of alkyl halides is 1. The van der Waals surface area contributed by atoms with Crippen molar-refractivity contribution < 1.29 is 9.18 Å². The average Bonchev–Trinajstić information content (AvgIpc) is 2.78. The van der Waals surface area contributed by atoms with Crippen molar-refractivity contribution in [1.82, 2.24) is 14.9 Å². The highest BCUT2D eigenvalue weighted by molar-refractivity contribution is 9.10. The first-order chi connectivity index (χ1) is 16.3. The van der Waals surface area contributed by atoms with Gasteiger partial charge in [0.1, 0.15) is 0 Å². The van der Waals surface area contributed by atoms with Crippen LogP contribution in [0.15, 0.2) is 63.3 Å². The summed E-state index contributed by atoms with van der Waals surface area (Å²) in [6.07, 6.45) is 2.27. The second-order valence-electron chi connectivity index (χ2n) is 8.61. The van der Waals surface area contributed by atoms with Crippen molar-refractivity contribution in [2.75, 3.05) is 26.2 Å². The van der Waals surface area contributed by atoms with Crippen LogP contribution in [0.1, 0.15) is 19.8 Å². The van der Waals surface area contributed by atoms with Crippen molar-refractivity contribution >= 4 is 57.1 Å². The smallest absolute Gasteiger partial charge is 0.258 e. The second-order valence-corrected chi connectivity index (χ2v) is 12.3. The van der Waals surface area contributed by atoms with Gasteiger partial charge in [-0.25, -0.2) is 8.70 Å². The van der Waals surface area contributed by atoms with Gasteiger partial charge in [-0.1, -0.05) is 51.8 Å². The molecule has 2 N–H and O–H groups in total. The summed E-state index contributed by atoms with van der Waals surface area (Å²) in [7, 11) is 0. The first kappa shape index (κ1) is 26.0. The van der Waals surface area contributed by atoms with Crippen molar-refractivity contribution in [3.8, 4) is 11.1 Å². The van der Waals surface area contributed by atoms with Gasteiger partial charge < -0.3 is 10.6 Å². The maximum absolute atomic E-state index is 15.5. The number of carbonyl (C=O) groups excluding carboxylic acids is 1. The normalized spacial score (nSPS) is 19.6. The van der Waals surface area contributed by atoms with Gasteiger partial charge >= 0.3 is 0 Å². The highest BCUT2D eigenvalue weighted by Gasteiger charge is 2.42. The van der Waals surface area contributed by atoms with Gasteiger partial charge in [0.05, 0.1) is 0 Å². The Labute approximate surface area is 222 Å². The van der Waals surface area contributed by atoms with E-state index in [4.69, 9.17) is 11.6 Å². The molecular weight excluding hydrogens is 557 g/mol. The van der Waals surface area contributed by atoms with E-state index in [1.54, 1.807) is 23.7 Å². The molecule has 34 heavy (non-hydrogen) atoms. The van der Waals surface area contributed by atoms with E-state index in [9.17, 15) is 4.79 Å².